The minimum atomic E-state index is -0.586. The summed E-state index contributed by atoms with van der Waals surface area (Å²) in [6.07, 6.45) is 2.97. The predicted octanol–water partition coefficient (Wildman–Crippen LogP) is 3.22. The number of rotatable bonds is 6. The Kier molecular flexibility index (Phi) is 4.77. The van der Waals surface area contributed by atoms with Crippen molar-refractivity contribution in [1.29, 1.82) is 0 Å². The van der Waals surface area contributed by atoms with Gasteiger partial charge < -0.3 is 9.71 Å². The van der Waals surface area contributed by atoms with E-state index in [1.54, 1.807) is 25.3 Å². The van der Waals surface area contributed by atoms with Gasteiger partial charge in [-0.1, -0.05) is 13.0 Å². The van der Waals surface area contributed by atoms with E-state index < -0.39 is 11.6 Å². The van der Waals surface area contributed by atoms with Gasteiger partial charge in [-0.05, 0) is 19.1 Å². The highest BCUT2D eigenvalue weighted by Gasteiger charge is 2.21. The van der Waals surface area contributed by atoms with Gasteiger partial charge in [0, 0.05) is 24.9 Å². The van der Waals surface area contributed by atoms with Crippen LogP contribution < -0.4 is 9.44 Å². The van der Waals surface area contributed by atoms with Crippen LogP contribution in [0, 0.1) is 12.7 Å². The second-order valence-corrected chi connectivity index (χ2v) is 5.78. The number of nitrogens with zero attached hydrogens (tertiary/aromatic N) is 2. The number of aryl methyl sites for hydroxylation is 1. The molecule has 0 fully saturated rings. The van der Waals surface area contributed by atoms with Crippen LogP contribution in [0.25, 0.3) is 11.0 Å². The molecule has 0 aliphatic heterocycles. The molecule has 0 atom stereocenters. The van der Waals surface area contributed by atoms with Crippen LogP contribution >= 0.6 is 12.1 Å². The zero-order valence-electron chi connectivity index (χ0n) is 13.2. The third kappa shape index (κ3) is 2.98. The van der Waals surface area contributed by atoms with Gasteiger partial charge in [-0.15, -0.1) is 0 Å². The third-order valence-corrected chi connectivity index (χ3v) is 4.28. The van der Waals surface area contributed by atoms with E-state index in [2.05, 4.69) is 24.4 Å². The smallest absolute Gasteiger partial charge is 0.198 e. The Morgan fingerprint density at radius 2 is 2.17 bits per heavy atom. The van der Waals surface area contributed by atoms with E-state index in [0.29, 0.717) is 22.3 Å². The molecule has 1 aromatic carbocycles. The number of hydrogen-bond acceptors (Lipinski definition) is 6. The summed E-state index contributed by atoms with van der Waals surface area (Å²) in [5.41, 5.74) is 1.84. The van der Waals surface area contributed by atoms with Crippen LogP contribution in [0.5, 0.6) is 0 Å². The number of aromatic nitrogens is 3. The van der Waals surface area contributed by atoms with E-state index in [-0.39, 0.29) is 11.3 Å². The van der Waals surface area contributed by atoms with Crippen LogP contribution in [-0.4, -0.2) is 27.3 Å². The number of fused-ring (bicyclic) bond motifs is 1. The normalized spacial score (nSPS) is 11.0. The Labute approximate surface area is 142 Å². The van der Waals surface area contributed by atoms with Crippen LogP contribution in [0.2, 0.25) is 0 Å². The number of carbonyl (C=O) groups excluding carboxylic acids is 1. The molecule has 0 saturated heterocycles. The molecule has 0 unspecified atom stereocenters. The largest absolute Gasteiger partial charge is 0.345 e. The van der Waals surface area contributed by atoms with Gasteiger partial charge in [0.1, 0.15) is 12.0 Å². The maximum Gasteiger partial charge on any atom is 0.198 e. The molecule has 24 heavy (non-hydrogen) atoms. The molecule has 124 valence electrons. The molecule has 0 saturated carbocycles. The van der Waals surface area contributed by atoms with Gasteiger partial charge >= 0.3 is 0 Å². The number of anilines is 1. The highest BCUT2D eigenvalue weighted by atomic mass is 32.2. The molecule has 2 aromatic heterocycles. The molecule has 0 aliphatic rings. The highest BCUT2D eigenvalue weighted by molar-refractivity contribution is 7.98. The number of hydrogen-bond donors (Lipinski definition) is 3. The summed E-state index contributed by atoms with van der Waals surface area (Å²) < 4.78 is 20.5. The Morgan fingerprint density at radius 1 is 1.33 bits per heavy atom. The van der Waals surface area contributed by atoms with Gasteiger partial charge in [-0.2, -0.15) is 0 Å². The molecule has 6 nitrogen and oxygen atoms in total. The zero-order valence-corrected chi connectivity index (χ0v) is 14.0. The van der Waals surface area contributed by atoms with Gasteiger partial charge in [-0.3, -0.25) is 4.79 Å². The molecule has 0 spiro atoms. The van der Waals surface area contributed by atoms with E-state index in [0.717, 1.165) is 6.54 Å². The first-order valence-corrected chi connectivity index (χ1v) is 8.21. The van der Waals surface area contributed by atoms with Crippen LogP contribution in [0.1, 0.15) is 28.5 Å². The topological polar surface area (TPSA) is 82.7 Å². The van der Waals surface area contributed by atoms with E-state index >= 15 is 0 Å². The number of H-pyrrole nitrogens is 1. The lowest BCUT2D eigenvalue weighted by Crippen LogP contribution is -2.09. The Bertz CT molecular complexity index is 895. The second kappa shape index (κ2) is 6.98. The third-order valence-electron chi connectivity index (χ3n) is 3.52. The van der Waals surface area contributed by atoms with Crippen LogP contribution in [0.3, 0.4) is 0 Å². The van der Waals surface area contributed by atoms with Crippen molar-refractivity contribution in [2.24, 2.45) is 0 Å². The Morgan fingerprint density at radius 3 is 2.96 bits per heavy atom. The lowest BCUT2D eigenvalue weighted by Gasteiger charge is -2.09. The average molecular weight is 345 g/mol. The molecule has 0 aliphatic carbocycles. The number of halogens is 1. The predicted molar refractivity (Wildman–Crippen MR) is 93.3 cm³/mol. The second-order valence-electron chi connectivity index (χ2n) is 5.08. The SMILES string of the molecule is CCNSNc1cccc(C(=O)c2c[nH]c3ncnc(C)c23)c1F. The maximum atomic E-state index is 14.7. The van der Waals surface area contributed by atoms with Crippen molar-refractivity contribution < 1.29 is 9.18 Å². The van der Waals surface area contributed by atoms with Gasteiger partial charge in [0.05, 0.1) is 27.9 Å². The minimum absolute atomic E-state index is 0.00116. The number of carbonyl (C=O) groups is 1. The van der Waals surface area contributed by atoms with Crippen molar-refractivity contribution in [2.75, 3.05) is 11.3 Å². The van der Waals surface area contributed by atoms with E-state index in [1.807, 2.05) is 6.92 Å². The van der Waals surface area contributed by atoms with Crippen LogP contribution in [0.15, 0.2) is 30.7 Å². The number of ketones is 1. The highest BCUT2D eigenvalue weighted by Crippen LogP contribution is 2.26. The van der Waals surface area contributed by atoms with Gasteiger partial charge in [-0.25, -0.2) is 19.1 Å². The summed E-state index contributed by atoms with van der Waals surface area (Å²) in [6.45, 7) is 4.45. The molecule has 2 heterocycles. The summed E-state index contributed by atoms with van der Waals surface area (Å²) >= 11 is 1.17. The van der Waals surface area contributed by atoms with Crippen LogP contribution in [-0.2, 0) is 0 Å². The fraction of sp³-hybridized carbons (Fsp3) is 0.188. The molecule has 3 rings (SSSR count). The zero-order chi connectivity index (χ0) is 17.1. The first-order valence-electron chi connectivity index (χ1n) is 7.40. The first kappa shape index (κ1) is 16.4. The molecule has 0 bridgehead atoms. The first-order chi connectivity index (χ1) is 11.6. The lowest BCUT2D eigenvalue weighted by atomic mass is 10.0. The summed E-state index contributed by atoms with van der Waals surface area (Å²) in [5.74, 6) is -0.995. The molecule has 0 amide bonds. The summed E-state index contributed by atoms with van der Waals surface area (Å²) in [6, 6.07) is 4.70. The quantitative estimate of drug-likeness (QED) is 0.361. The van der Waals surface area contributed by atoms with Gasteiger partial charge in [0.15, 0.2) is 11.6 Å². The maximum absolute atomic E-state index is 14.7. The molecule has 3 N–H and O–H groups in total. The summed E-state index contributed by atoms with van der Waals surface area (Å²) in [7, 11) is 0. The van der Waals surface area contributed by atoms with Crippen molar-refractivity contribution in [3.63, 3.8) is 0 Å². The summed E-state index contributed by atoms with van der Waals surface area (Å²) in [4.78, 5) is 23.9. The molecule has 3 aromatic rings. The van der Waals surface area contributed by atoms with Gasteiger partial charge in [0.2, 0.25) is 0 Å². The van der Waals surface area contributed by atoms with E-state index in [9.17, 15) is 9.18 Å². The monoisotopic (exact) mass is 345 g/mol. The van der Waals surface area contributed by atoms with E-state index in [4.69, 9.17) is 0 Å². The van der Waals surface area contributed by atoms with Crippen molar-refractivity contribution in [2.45, 2.75) is 13.8 Å². The van der Waals surface area contributed by atoms with Crippen LogP contribution in [0.4, 0.5) is 10.1 Å². The summed E-state index contributed by atoms with van der Waals surface area (Å²) in [5, 5.41) is 0.613. The van der Waals surface area contributed by atoms with Crippen molar-refractivity contribution in [3.05, 3.63) is 53.4 Å². The fourth-order valence-corrected chi connectivity index (χ4v) is 2.88. The standard InChI is InChI=1S/C16H16FN5OS/c1-3-21-24-22-12-6-4-5-10(14(12)17)15(23)11-7-18-16-13(11)9(2)19-8-20-16/h4-8,21-22H,3H2,1-2H3,(H,18,19,20). The Balaban J connectivity index is 1.99. The average Bonchev–Trinajstić information content (AvgIpc) is 3.01. The van der Waals surface area contributed by atoms with E-state index in [1.165, 1.54) is 24.5 Å². The molecular formula is C16H16FN5OS. The van der Waals surface area contributed by atoms with Crippen molar-refractivity contribution in [1.82, 2.24) is 19.7 Å². The molecule has 0 radical (unpaired) electrons. The Hall–Kier alpha value is -2.45. The number of aromatic amines is 1. The molecular weight excluding hydrogens is 329 g/mol. The number of benzene rings is 1. The van der Waals surface area contributed by atoms with Crippen molar-refractivity contribution in [3.8, 4) is 0 Å². The van der Waals surface area contributed by atoms with Gasteiger partial charge in [0.25, 0.3) is 0 Å². The minimum Gasteiger partial charge on any atom is -0.345 e. The molecule has 8 heteroatoms. The number of nitrogens with one attached hydrogen (secondary N) is 3. The lowest BCUT2D eigenvalue weighted by molar-refractivity contribution is 0.103. The van der Waals surface area contributed by atoms with Crippen molar-refractivity contribution >= 4 is 34.6 Å². The fourth-order valence-electron chi connectivity index (χ4n) is 2.39.